The summed E-state index contributed by atoms with van der Waals surface area (Å²) in [5.41, 5.74) is 1.11. The first kappa shape index (κ1) is 13.3. The third kappa shape index (κ3) is 2.35. The number of para-hydroxylation sites is 1. The van der Waals surface area contributed by atoms with E-state index in [0.29, 0.717) is 11.5 Å². The Morgan fingerprint density at radius 3 is 2.83 bits per heavy atom. The number of carbonyl (C=O) groups excluding carboxylic acids is 1. The highest BCUT2D eigenvalue weighted by Crippen LogP contribution is 2.27. The van der Waals surface area contributed by atoms with E-state index in [9.17, 15) is 4.79 Å². The van der Waals surface area contributed by atoms with Crippen LogP contribution >= 0.6 is 0 Å². The van der Waals surface area contributed by atoms with E-state index >= 15 is 0 Å². The van der Waals surface area contributed by atoms with Crippen LogP contribution in [0, 0.1) is 0 Å². The van der Waals surface area contributed by atoms with Crippen LogP contribution < -0.4 is 5.32 Å². The molecule has 1 N–H and O–H groups in total. The summed E-state index contributed by atoms with van der Waals surface area (Å²) in [6.45, 7) is 0. The molecule has 3 heterocycles. The predicted molar refractivity (Wildman–Crippen MR) is 80.7 cm³/mol. The number of hydrogen-bond acceptors (Lipinski definition) is 6. The van der Waals surface area contributed by atoms with Gasteiger partial charge in [-0.2, -0.15) is 5.10 Å². The lowest BCUT2D eigenvalue weighted by atomic mass is 10.2. The summed E-state index contributed by atoms with van der Waals surface area (Å²) in [4.78, 5) is 12.1. The molecule has 0 aliphatic carbocycles. The molecule has 0 spiro atoms. The number of amides is 1. The van der Waals surface area contributed by atoms with Crippen LogP contribution in [0.25, 0.3) is 22.6 Å². The van der Waals surface area contributed by atoms with Crippen LogP contribution in [0.5, 0.6) is 0 Å². The molecule has 0 unspecified atom stereocenters. The van der Waals surface area contributed by atoms with Gasteiger partial charge in [0.1, 0.15) is 11.3 Å². The van der Waals surface area contributed by atoms with Gasteiger partial charge in [-0.15, -0.1) is 5.10 Å². The summed E-state index contributed by atoms with van der Waals surface area (Å²) >= 11 is 0. The first-order valence-corrected chi connectivity index (χ1v) is 6.82. The third-order valence-corrected chi connectivity index (χ3v) is 3.34. The molecule has 0 saturated heterocycles. The van der Waals surface area contributed by atoms with Gasteiger partial charge in [-0.1, -0.05) is 23.3 Å². The fourth-order valence-corrected chi connectivity index (χ4v) is 2.22. The molecule has 0 aliphatic rings. The van der Waals surface area contributed by atoms with Gasteiger partial charge in [0.2, 0.25) is 0 Å². The van der Waals surface area contributed by atoms with Gasteiger partial charge in [0.25, 0.3) is 11.8 Å². The van der Waals surface area contributed by atoms with Crippen molar-refractivity contribution in [3.8, 4) is 11.7 Å². The third-order valence-electron chi connectivity index (χ3n) is 3.34. The lowest BCUT2D eigenvalue weighted by Gasteiger charge is -1.99. The Labute approximate surface area is 129 Å². The zero-order valence-corrected chi connectivity index (χ0v) is 12.1. The largest absolute Gasteiger partial charge is 0.451 e. The maximum Gasteiger partial charge on any atom is 0.322 e. The van der Waals surface area contributed by atoms with Gasteiger partial charge in [-0.3, -0.25) is 14.8 Å². The summed E-state index contributed by atoms with van der Waals surface area (Å²) < 4.78 is 12.5. The minimum absolute atomic E-state index is 0.00773. The standard InChI is InChI=1S/C15H11N5O3/c1-20-10(6-7-16-20)13(21)17-15-19-18-14(23-15)12-8-9-4-2-3-5-11(9)22-12/h2-8H,1H3,(H,17,19,21). The molecule has 23 heavy (non-hydrogen) atoms. The second kappa shape index (κ2) is 5.09. The summed E-state index contributed by atoms with van der Waals surface area (Å²) in [6, 6.07) is 10.9. The van der Waals surface area contributed by atoms with Gasteiger partial charge in [-0.25, -0.2) is 0 Å². The predicted octanol–water partition coefficient (Wildman–Crippen LogP) is 2.47. The van der Waals surface area contributed by atoms with E-state index in [1.165, 1.54) is 10.9 Å². The smallest absolute Gasteiger partial charge is 0.322 e. The first-order chi connectivity index (χ1) is 11.2. The molecular formula is C15H11N5O3. The Bertz CT molecular complexity index is 964. The number of carbonyl (C=O) groups is 1. The Kier molecular flexibility index (Phi) is 2.94. The van der Waals surface area contributed by atoms with Crippen LogP contribution in [-0.2, 0) is 7.05 Å². The Morgan fingerprint density at radius 1 is 1.17 bits per heavy atom. The van der Waals surface area contributed by atoms with Crippen LogP contribution in [-0.4, -0.2) is 25.9 Å². The van der Waals surface area contributed by atoms with Crippen LogP contribution in [0.3, 0.4) is 0 Å². The van der Waals surface area contributed by atoms with E-state index in [-0.39, 0.29) is 17.8 Å². The number of nitrogens with zero attached hydrogens (tertiary/aromatic N) is 4. The van der Waals surface area contributed by atoms with Crippen molar-refractivity contribution in [3.63, 3.8) is 0 Å². The summed E-state index contributed by atoms with van der Waals surface area (Å²) in [6.07, 6.45) is 1.53. The average Bonchev–Trinajstić information content (AvgIpc) is 3.25. The molecule has 8 nitrogen and oxygen atoms in total. The van der Waals surface area contributed by atoms with Crippen LogP contribution in [0.2, 0.25) is 0 Å². The van der Waals surface area contributed by atoms with Gasteiger partial charge >= 0.3 is 6.01 Å². The van der Waals surface area contributed by atoms with E-state index in [1.54, 1.807) is 19.2 Å². The van der Waals surface area contributed by atoms with E-state index in [0.717, 1.165) is 11.0 Å². The molecule has 0 aliphatic heterocycles. The van der Waals surface area contributed by atoms with Crippen molar-refractivity contribution in [2.45, 2.75) is 0 Å². The molecule has 8 heteroatoms. The Morgan fingerprint density at radius 2 is 2.04 bits per heavy atom. The SMILES string of the molecule is Cn1nccc1C(=O)Nc1nnc(-c2cc3ccccc3o2)o1. The van der Waals surface area contributed by atoms with Crippen molar-refractivity contribution < 1.29 is 13.6 Å². The maximum absolute atomic E-state index is 12.1. The highest BCUT2D eigenvalue weighted by Gasteiger charge is 2.17. The lowest BCUT2D eigenvalue weighted by Crippen LogP contribution is -2.16. The zero-order chi connectivity index (χ0) is 15.8. The normalized spacial score (nSPS) is 11.0. The molecule has 0 bridgehead atoms. The molecule has 0 atom stereocenters. The van der Waals surface area contributed by atoms with Crippen molar-refractivity contribution in [3.05, 3.63) is 48.3 Å². The van der Waals surface area contributed by atoms with E-state index < -0.39 is 0 Å². The van der Waals surface area contributed by atoms with Crippen molar-refractivity contribution in [2.75, 3.05) is 5.32 Å². The Hall–Kier alpha value is -3.42. The minimum atomic E-state index is -0.384. The zero-order valence-electron chi connectivity index (χ0n) is 12.1. The number of furan rings is 1. The lowest BCUT2D eigenvalue weighted by molar-refractivity contribution is 0.101. The van der Waals surface area contributed by atoms with Crippen LogP contribution in [0.1, 0.15) is 10.5 Å². The van der Waals surface area contributed by atoms with Gasteiger partial charge in [0, 0.05) is 18.6 Å². The topological polar surface area (TPSA) is 99.0 Å². The molecule has 0 fully saturated rings. The van der Waals surface area contributed by atoms with Gasteiger partial charge in [-0.05, 0) is 18.2 Å². The second-order valence-electron chi connectivity index (χ2n) is 4.86. The van der Waals surface area contributed by atoms with E-state index in [4.69, 9.17) is 8.83 Å². The van der Waals surface area contributed by atoms with Crippen molar-refractivity contribution in [2.24, 2.45) is 7.05 Å². The molecule has 3 aromatic heterocycles. The number of nitrogens with one attached hydrogen (secondary N) is 1. The quantitative estimate of drug-likeness (QED) is 0.624. The fraction of sp³-hybridized carbons (Fsp3) is 0.0667. The number of hydrogen-bond donors (Lipinski definition) is 1. The summed E-state index contributed by atoms with van der Waals surface area (Å²) in [7, 11) is 1.67. The van der Waals surface area contributed by atoms with Crippen LogP contribution in [0.4, 0.5) is 6.01 Å². The van der Waals surface area contributed by atoms with E-state index in [1.807, 2.05) is 24.3 Å². The maximum atomic E-state index is 12.1. The summed E-state index contributed by atoms with van der Waals surface area (Å²) in [5, 5.41) is 15.1. The monoisotopic (exact) mass is 309 g/mol. The van der Waals surface area contributed by atoms with E-state index in [2.05, 4.69) is 20.6 Å². The van der Waals surface area contributed by atoms with Gasteiger partial charge in [0.15, 0.2) is 5.76 Å². The van der Waals surface area contributed by atoms with Gasteiger partial charge < -0.3 is 8.83 Å². The Balaban J connectivity index is 1.59. The molecule has 1 aromatic carbocycles. The highest BCUT2D eigenvalue weighted by atomic mass is 16.4. The average molecular weight is 309 g/mol. The molecule has 114 valence electrons. The molecule has 4 rings (SSSR count). The first-order valence-electron chi connectivity index (χ1n) is 6.82. The fourth-order valence-electron chi connectivity index (χ4n) is 2.22. The number of anilines is 1. The summed E-state index contributed by atoms with van der Waals surface area (Å²) in [5.74, 6) is 0.256. The second-order valence-corrected chi connectivity index (χ2v) is 4.86. The molecule has 0 saturated carbocycles. The number of aryl methyl sites for hydroxylation is 1. The molecule has 1 amide bonds. The molecule has 4 aromatic rings. The number of rotatable bonds is 3. The minimum Gasteiger partial charge on any atom is -0.451 e. The van der Waals surface area contributed by atoms with Gasteiger partial charge in [0.05, 0.1) is 0 Å². The molecule has 0 radical (unpaired) electrons. The van der Waals surface area contributed by atoms with Crippen molar-refractivity contribution >= 4 is 22.9 Å². The number of fused-ring (bicyclic) bond motifs is 1. The van der Waals surface area contributed by atoms with Crippen molar-refractivity contribution in [1.82, 2.24) is 20.0 Å². The number of benzene rings is 1. The molecular weight excluding hydrogens is 298 g/mol. The van der Waals surface area contributed by atoms with Crippen LogP contribution in [0.15, 0.2) is 51.4 Å². The highest BCUT2D eigenvalue weighted by molar-refractivity contribution is 6.01. The van der Waals surface area contributed by atoms with Crippen molar-refractivity contribution in [1.29, 1.82) is 0 Å². The number of aromatic nitrogens is 4.